The van der Waals surface area contributed by atoms with E-state index in [1.165, 1.54) is 45.1 Å². The van der Waals surface area contributed by atoms with Crippen LogP contribution in [0.2, 0.25) is 0 Å². The van der Waals surface area contributed by atoms with Crippen molar-refractivity contribution in [1.29, 1.82) is 0 Å². The second-order valence-electron chi connectivity index (χ2n) is 24.5. The van der Waals surface area contributed by atoms with E-state index in [9.17, 15) is 19.2 Å². The molecule has 6 aliphatic heterocycles. The van der Waals surface area contributed by atoms with E-state index in [4.69, 9.17) is 0 Å². The van der Waals surface area contributed by atoms with Gasteiger partial charge in [0.15, 0.2) is 0 Å². The van der Waals surface area contributed by atoms with Crippen molar-refractivity contribution >= 4 is 23.6 Å². The van der Waals surface area contributed by atoms with Crippen molar-refractivity contribution in [3.8, 4) is 0 Å². The monoisotopic (exact) mass is 996 g/mol. The van der Waals surface area contributed by atoms with E-state index >= 15 is 0 Å². The summed E-state index contributed by atoms with van der Waals surface area (Å²) in [5.74, 6) is 5.70. The number of hydrogen-bond donors (Lipinski definition) is 1. The minimum atomic E-state index is 0. The lowest BCUT2D eigenvalue weighted by Crippen LogP contribution is -2.53. The van der Waals surface area contributed by atoms with Crippen molar-refractivity contribution in [3.63, 3.8) is 0 Å². The quantitative estimate of drug-likeness (QED) is 0.261. The summed E-state index contributed by atoms with van der Waals surface area (Å²) in [5.41, 5.74) is 2.00. The van der Waals surface area contributed by atoms with Crippen molar-refractivity contribution in [2.24, 2.45) is 62.6 Å². The average molecular weight is 997 g/mol. The van der Waals surface area contributed by atoms with Crippen LogP contribution in [0, 0.1) is 62.6 Å². The number of carbonyl (C=O) groups is 4. The molecule has 6 heterocycles. The first kappa shape index (κ1) is 76.8. The number of rotatable bonds is 0. The number of likely N-dealkylation sites (tertiary alicyclic amines) is 4. The summed E-state index contributed by atoms with van der Waals surface area (Å²) in [6, 6.07) is 0.866. The molecule has 0 aromatic rings. The van der Waals surface area contributed by atoms with E-state index in [-0.39, 0.29) is 31.1 Å². The molecule has 422 valence electrons. The molecule has 5 atom stereocenters. The zero-order chi connectivity index (χ0) is 55.5. The molecule has 0 radical (unpaired) electrons. The summed E-state index contributed by atoms with van der Waals surface area (Å²) < 4.78 is 0. The Morgan fingerprint density at radius 3 is 0.929 bits per heavy atom. The van der Waals surface area contributed by atoms with Crippen LogP contribution in [0.1, 0.15) is 247 Å². The second-order valence-corrected chi connectivity index (χ2v) is 24.5. The highest BCUT2D eigenvalue weighted by Crippen LogP contribution is 2.49. The maximum absolute atomic E-state index is 11.2. The van der Waals surface area contributed by atoms with Crippen molar-refractivity contribution < 1.29 is 19.2 Å². The molecule has 1 aliphatic carbocycles. The molecule has 4 amide bonds. The Bertz CT molecular complexity index is 1330. The predicted molar refractivity (Wildman–Crippen MR) is 310 cm³/mol. The highest BCUT2D eigenvalue weighted by Gasteiger charge is 2.51. The third-order valence-corrected chi connectivity index (χ3v) is 14.8. The highest BCUT2D eigenvalue weighted by molar-refractivity contribution is 5.74. The van der Waals surface area contributed by atoms with Crippen molar-refractivity contribution in [2.75, 3.05) is 58.9 Å². The summed E-state index contributed by atoms with van der Waals surface area (Å²) in [6.45, 7) is 69.8. The van der Waals surface area contributed by atoms with Crippen LogP contribution in [0.4, 0.5) is 0 Å². The molecule has 9 heteroatoms. The van der Waals surface area contributed by atoms with Crippen LogP contribution < -0.4 is 5.32 Å². The van der Waals surface area contributed by atoms with E-state index < -0.39 is 0 Å². The second kappa shape index (κ2) is 36.7. The lowest BCUT2D eigenvalue weighted by atomic mass is 9.61. The lowest BCUT2D eigenvalue weighted by Gasteiger charge is -2.45. The Morgan fingerprint density at radius 1 is 0.386 bits per heavy atom. The number of nitrogens with zero attached hydrogens (tertiary/aromatic N) is 4. The molecule has 9 nitrogen and oxygen atoms in total. The third kappa shape index (κ3) is 28.9. The Kier molecular flexibility index (Phi) is 40.3. The maximum atomic E-state index is 11.2. The number of nitrogens with one attached hydrogen (secondary N) is 1. The number of piperidine rings is 2. The van der Waals surface area contributed by atoms with Crippen LogP contribution in [-0.4, -0.2) is 108 Å². The summed E-state index contributed by atoms with van der Waals surface area (Å²) in [4.78, 5) is 51.9. The third-order valence-electron chi connectivity index (χ3n) is 14.8. The fourth-order valence-corrected chi connectivity index (χ4v) is 9.85. The van der Waals surface area contributed by atoms with Gasteiger partial charge < -0.3 is 24.9 Å². The molecule has 2 bridgehead atoms. The van der Waals surface area contributed by atoms with Gasteiger partial charge in [0, 0.05) is 86.1 Å². The lowest BCUT2D eigenvalue weighted by molar-refractivity contribution is -0.138. The van der Waals surface area contributed by atoms with Crippen molar-refractivity contribution in [2.45, 2.75) is 253 Å². The Morgan fingerprint density at radius 2 is 0.686 bits per heavy atom. The van der Waals surface area contributed by atoms with Gasteiger partial charge in [-0.3, -0.25) is 19.2 Å². The van der Waals surface area contributed by atoms with E-state index in [1.54, 1.807) is 27.7 Å². The Hall–Kier alpha value is -2.16. The van der Waals surface area contributed by atoms with Gasteiger partial charge in [-0.1, -0.05) is 181 Å². The first-order chi connectivity index (χ1) is 31.7. The largest absolute Gasteiger partial charge is 0.343 e. The molecule has 6 saturated heterocycles. The van der Waals surface area contributed by atoms with Crippen LogP contribution >= 0.6 is 0 Å². The van der Waals surface area contributed by atoms with E-state index in [1.807, 2.05) is 88.8 Å². The molecule has 7 aliphatic rings. The number of carbonyl (C=O) groups excluding carboxylic acids is 4. The number of fused-ring (bicyclic) bond motifs is 1. The molecular formula is C61H129N5O4. The van der Waals surface area contributed by atoms with Gasteiger partial charge in [0.2, 0.25) is 23.6 Å². The normalized spacial score (nSPS) is 22.6. The molecule has 0 aromatic carbocycles. The van der Waals surface area contributed by atoms with Gasteiger partial charge in [0.25, 0.3) is 0 Å². The van der Waals surface area contributed by atoms with Gasteiger partial charge in [0.05, 0.1) is 0 Å². The van der Waals surface area contributed by atoms with Gasteiger partial charge in [-0.05, 0) is 108 Å². The predicted octanol–water partition coefficient (Wildman–Crippen LogP) is 15.4. The molecule has 7 rings (SSSR count). The zero-order valence-corrected chi connectivity index (χ0v) is 52.1. The Labute approximate surface area is 440 Å². The molecule has 0 aromatic heterocycles. The van der Waals surface area contributed by atoms with E-state index in [0.717, 1.165) is 76.2 Å². The fourth-order valence-electron chi connectivity index (χ4n) is 9.85. The topological polar surface area (TPSA) is 93.3 Å². The van der Waals surface area contributed by atoms with E-state index in [2.05, 4.69) is 109 Å². The fraction of sp³-hybridized carbons (Fsp3) is 0.934. The molecular weight excluding hydrogens is 867 g/mol. The summed E-state index contributed by atoms with van der Waals surface area (Å²) in [7, 11) is 0. The van der Waals surface area contributed by atoms with Crippen LogP contribution in [0.3, 0.4) is 0 Å². The van der Waals surface area contributed by atoms with Crippen molar-refractivity contribution in [1.82, 2.24) is 24.9 Å². The zero-order valence-electron chi connectivity index (χ0n) is 52.1. The molecule has 1 saturated carbocycles. The SMILES string of the molecule is C.CC.CC.CC.CC.CC.CC(=O)N1CC(C(C)(C)C)C1.CC(=O)N1CCC(C(C)(C)C)C1.CC(=O)N1CCC(C(C)(C)C)CC1.CC(=O)N1CCCC(C(C)(C)C)C1.CC(C)(C)C1[C@H]2CN[C@@H]1C2. The van der Waals surface area contributed by atoms with Crippen molar-refractivity contribution in [3.05, 3.63) is 0 Å². The van der Waals surface area contributed by atoms with Crippen LogP contribution in [-0.2, 0) is 19.2 Å². The van der Waals surface area contributed by atoms with Crippen LogP contribution in [0.25, 0.3) is 0 Å². The number of amides is 4. The summed E-state index contributed by atoms with van der Waals surface area (Å²) >= 11 is 0. The van der Waals surface area contributed by atoms with Crippen LogP contribution in [0.15, 0.2) is 0 Å². The number of hydrogen-bond acceptors (Lipinski definition) is 5. The summed E-state index contributed by atoms with van der Waals surface area (Å²) in [6.07, 6.45) is 7.39. The van der Waals surface area contributed by atoms with Crippen LogP contribution in [0.5, 0.6) is 0 Å². The molecule has 3 unspecified atom stereocenters. The first-order valence-corrected chi connectivity index (χ1v) is 28.5. The molecule has 7 fully saturated rings. The minimum Gasteiger partial charge on any atom is -0.343 e. The van der Waals surface area contributed by atoms with Gasteiger partial charge >= 0.3 is 0 Å². The standard InChI is InChI=1S/2C11H21NO.C10H19NO.C9H17NO.C9H17N.5C2H6.CH4/c1-9(13)12-7-5-10(6-8-12)11(2,3)4;1-9(13)12-7-5-6-10(8-12)11(2,3)4;1-8(12)11-6-5-9(7-11)10(2,3)4;1-7(11)10-5-8(6-10)9(2,3)4;1-9(2,3)8-6-4-7(8)10-5-6;5*1-2;/h2*10H,5-8H2,1-4H3;9H,5-7H2,1-4H3;8H,5-6H2,1-4H3;6-8,10H,4-5H2,1-3H3;5*1-2H3;1H4/t;;;;6-,7-,8?;;;;;;/m....1....../s1. The van der Waals surface area contributed by atoms with Gasteiger partial charge in [0.1, 0.15) is 0 Å². The average Bonchev–Trinajstić information content (AvgIpc) is 4.04. The Balaban J connectivity index is -0.000000240. The molecule has 70 heavy (non-hydrogen) atoms. The van der Waals surface area contributed by atoms with Gasteiger partial charge in [-0.15, -0.1) is 0 Å². The molecule has 0 spiro atoms. The van der Waals surface area contributed by atoms with E-state index in [0.29, 0.717) is 44.8 Å². The molecule has 1 N–H and O–H groups in total. The van der Waals surface area contributed by atoms with Gasteiger partial charge in [-0.25, -0.2) is 0 Å². The maximum Gasteiger partial charge on any atom is 0.219 e. The van der Waals surface area contributed by atoms with Gasteiger partial charge in [-0.2, -0.15) is 0 Å². The summed E-state index contributed by atoms with van der Waals surface area (Å²) in [5, 5.41) is 3.55. The smallest absolute Gasteiger partial charge is 0.219 e. The minimum absolute atomic E-state index is 0. The first-order valence-electron chi connectivity index (χ1n) is 28.5. The highest BCUT2D eigenvalue weighted by atomic mass is 16.2.